The molecule has 2 aromatic carbocycles. The molecular weight excluding hydrogens is 408 g/mol. The van der Waals surface area contributed by atoms with Crippen LogP contribution in [0.25, 0.3) is 21.3 Å². The monoisotopic (exact) mass is 428 g/mol. The van der Waals surface area contributed by atoms with Crippen molar-refractivity contribution in [1.29, 1.82) is 0 Å². The van der Waals surface area contributed by atoms with Crippen LogP contribution in [0.1, 0.15) is 16.7 Å². The molecule has 1 amide bonds. The van der Waals surface area contributed by atoms with Crippen molar-refractivity contribution in [3.8, 4) is 0 Å². The molecule has 0 N–H and O–H groups in total. The molecule has 0 aliphatic heterocycles. The molecule has 31 heavy (non-hydrogen) atoms. The van der Waals surface area contributed by atoms with Crippen LogP contribution in [0.5, 0.6) is 0 Å². The highest BCUT2D eigenvalue weighted by molar-refractivity contribution is 7.22. The van der Waals surface area contributed by atoms with Gasteiger partial charge in [-0.3, -0.25) is 14.7 Å². The number of pyridine rings is 1. The van der Waals surface area contributed by atoms with Crippen LogP contribution in [0.2, 0.25) is 0 Å². The lowest BCUT2D eigenvalue weighted by Crippen LogP contribution is -2.33. The fraction of sp³-hybridized carbons (Fsp3) is 0.174. The van der Waals surface area contributed by atoms with E-state index in [0.29, 0.717) is 11.7 Å². The standard InChI is InChI=1S/C23H20N6OS/c1-15-10-16(2)22-20(11-15)31-23(25-22)28(13-17-6-5-9-24-12-17)21(30)14-29-19-8-4-3-7-18(19)26-27-29/h3-12H,13-14H2,1-2H3. The molecule has 5 aromatic rings. The third-order valence-electron chi connectivity index (χ3n) is 5.12. The molecule has 0 saturated carbocycles. The quantitative estimate of drug-likeness (QED) is 0.417. The number of amides is 1. The summed E-state index contributed by atoms with van der Waals surface area (Å²) in [5.41, 5.74) is 5.74. The Kier molecular flexibility index (Phi) is 4.91. The summed E-state index contributed by atoms with van der Waals surface area (Å²) in [5, 5.41) is 9.01. The topological polar surface area (TPSA) is 76.8 Å². The third-order valence-corrected chi connectivity index (χ3v) is 6.14. The molecule has 7 nitrogen and oxygen atoms in total. The van der Waals surface area contributed by atoms with E-state index in [1.807, 2.05) is 43.3 Å². The lowest BCUT2D eigenvalue weighted by Gasteiger charge is -2.20. The van der Waals surface area contributed by atoms with Crippen LogP contribution in [0, 0.1) is 13.8 Å². The van der Waals surface area contributed by atoms with Gasteiger partial charge < -0.3 is 0 Å². The summed E-state index contributed by atoms with van der Waals surface area (Å²) in [6, 6.07) is 15.7. The Labute approximate surface area is 183 Å². The van der Waals surface area contributed by atoms with Crippen LogP contribution in [-0.4, -0.2) is 30.9 Å². The Balaban J connectivity index is 1.54. The average molecular weight is 429 g/mol. The Morgan fingerprint density at radius 2 is 2.00 bits per heavy atom. The lowest BCUT2D eigenvalue weighted by atomic mass is 10.1. The van der Waals surface area contributed by atoms with E-state index in [-0.39, 0.29) is 12.5 Å². The minimum atomic E-state index is -0.104. The van der Waals surface area contributed by atoms with Gasteiger partial charge in [0.2, 0.25) is 0 Å². The smallest absolute Gasteiger partial charge is 0.250 e. The van der Waals surface area contributed by atoms with Crippen molar-refractivity contribution in [3.63, 3.8) is 0 Å². The van der Waals surface area contributed by atoms with E-state index < -0.39 is 0 Å². The van der Waals surface area contributed by atoms with Gasteiger partial charge in [0.1, 0.15) is 12.1 Å². The zero-order valence-corrected chi connectivity index (χ0v) is 18.0. The molecule has 3 aromatic heterocycles. The number of thiazole rings is 1. The summed E-state index contributed by atoms with van der Waals surface area (Å²) < 4.78 is 2.71. The number of fused-ring (bicyclic) bond motifs is 2. The minimum absolute atomic E-state index is 0.0781. The minimum Gasteiger partial charge on any atom is -0.282 e. The molecule has 0 aliphatic carbocycles. The maximum atomic E-state index is 13.5. The molecule has 0 radical (unpaired) electrons. The summed E-state index contributed by atoms with van der Waals surface area (Å²) in [6.07, 6.45) is 3.49. The van der Waals surface area contributed by atoms with Crippen molar-refractivity contribution in [2.24, 2.45) is 0 Å². The summed E-state index contributed by atoms with van der Waals surface area (Å²) in [4.78, 5) is 24.2. The summed E-state index contributed by atoms with van der Waals surface area (Å²) >= 11 is 1.53. The Morgan fingerprint density at radius 1 is 1.13 bits per heavy atom. The predicted octanol–water partition coefficient (Wildman–Crippen LogP) is 4.29. The summed E-state index contributed by atoms with van der Waals surface area (Å²) in [7, 11) is 0. The number of aryl methyl sites for hydroxylation is 2. The molecule has 3 heterocycles. The van der Waals surface area contributed by atoms with E-state index >= 15 is 0 Å². The van der Waals surface area contributed by atoms with Crippen molar-refractivity contribution >= 4 is 43.6 Å². The first-order valence-electron chi connectivity index (χ1n) is 9.94. The molecule has 0 spiro atoms. The number of hydrogen-bond acceptors (Lipinski definition) is 6. The van der Waals surface area contributed by atoms with Crippen LogP contribution in [0.15, 0.2) is 60.9 Å². The first-order chi connectivity index (χ1) is 15.1. The van der Waals surface area contributed by atoms with Gasteiger partial charge >= 0.3 is 0 Å². The second-order valence-corrected chi connectivity index (χ2v) is 8.51. The van der Waals surface area contributed by atoms with Crippen molar-refractivity contribution < 1.29 is 4.79 Å². The second kappa shape index (κ2) is 7.88. The average Bonchev–Trinajstić information content (AvgIpc) is 3.37. The van der Waals surface area contributed by atoms with Crippen molar-refractivity contribution in [2.75, 3.05) is 4.90 Å². The van der Waals surface area contributed by atoms with Gasteiger partial charge in [-0.2, -0.15) is 0 Å². The zero-order valence-electron chi connectivity index (χ0n) is 17.2. The number of carbonyl (C=O) groups excluding carboxylic acids is 1. The number of aromatic nitrogens is 5. The normalized spacial score (nSPS) is 11.3. The van der Waals surface area contributed by atoms with Gasteiger partial charge in [-0.15, -0.1) is 5.10 Å². The number of para-hydroxylation sites is 1. The summed E-state index contributed by atoms with van der Waals surface area (Å²) in [6.45, 7) is 4.58. The predicted molar refractivity (Wildman–Crippen MR) is 122 cm³/mol. The van der Waals surface area contributed by atoms with Gasteiger partial charge in [0.25, 0.3) is 5.91 Å². The Morgan fingerprint density at radius 3 is 2.84 bits per heavy atom. The highest BCUT2D eigenvalue weighted by Crippen LogP contribution is 2.32. The Hall–Kier alpha value is -3.65. The number of nitrogens with zero attached hydrogens (tertiary/aromatic N) is 6. The molecule has 0 aliphatic rings. The first-order valence-corrected chi connectivity index (χ1v) is 10.8. The maximum Gasteiger partial charge on any atom is 0.250 e. The van der Waals surface area contributed by atoms with E-state index in [0.717, 1.165) is 32.4 Å². The zero-order chi connectivity index (χ0) is 21.4. The van der Waals surface area contributed by atoms with E-state index in [9.17, 15) is 4.79 Å². The SMILES string of the molecule is Cc1cc(C)c2nc(N(Cc3cccnc3)C(=O)Cn3nnc4ccccc43)sc2c1. The van der Waals surface area contributed by atoms with Gasteiger partial charge in [0.05, 0.1) is 22.3 Å². The highest BCUT2D eigenvalue weighted by atomic mass is 32.1. The molecule has 0 atom stereocenters. The van der Waals surface area contributed by atoms with Crippen molar-refractivity contribution in [3.05, 3.63) is 77.6 Å². The van der Waals surface area contributed by atoms with Crippen LogP contribution in [0.4, 0.5) is 5.13 Å². The van der Waals surface area contributed by atoms with Crippen LogP contribution < -0.4 is 4.90 Å². The van der Waals surface area contributed by atoms with Crippen molar-refractivity contribution in [2.45, 2.75) is 26.9 Å². The van der Waals surface area contributed by atoms with E-state index in [2.05, 4.69) is 34.4 Å². The first kappa shape index (κ1) is 19.3. The van der Waals surface area contributed by atoms with E-state index in [4.69, 9.17) is 4.98 Å². The van der Waals surface area contributed by atoms with Gasteiger partial charge in [0, 0.05) is 12.4 Å². The molecule has 0 fully saturated rings. The molecule has 154 valence electrons. The van der Waals surface area contributed by atoms with Crippen LogP contribution in [0.3, 0.4) is 0 Å². The van der Waals surface area contributed by atoms with Gasteiger partial charge in [-0.25, -0.2) is 9.67 Å². The number of rotatable bonds is 5. The third kappa shape index (κ3) is 3.77. The fourth-order valence-electron chi connectivity index (χ4n) is 3.66. The number of benzene rings is 2. The second-order valence-electron chi connectivity index (χ2n) is 7.50. The number of hydrogen-bond donors (Lipinski definition) is 0. The molecular formula is C23H20N6OS. The Bertz CT molecular complexity index is 1390. The van der Waals surface area contributed by atoms with Crippen molar-refractivity contribution in [1.82, 2.24) is 25.0 Å². The lowest BCUT2D eigenvalue weighted by molar-refractivity contribution is -0.119. The largest absolute Gasteiger partial charge is 0.282 e. The highest BCUT2D eigenvalue weighted by Gasteiger charge is 2.22. The molecule has 5 rings (SSSR count). The fourth-order valence-corrected chi connectivity index (χ4v) is 4.82. The van der Waals surface area contributed by atoms with E-state index in [1.165, 1.54) is 16.9 Å². The maximum absolute atomic E-state index is 13.5. The molecule has 0 saturated heterocycles. The van der Waals surface area contributed by atoms with Crippen LogP contribution >= 0.6 is 11.3 Å². The van der Waals surface area contributed by atoms with E-state index in [1.54, 1.807) is 22.0 Å². The molecule has 0 unspecified atom stereocenters. The number of anilines is 1. The molecule has 0 bridgehead atoms. The molecule has 8 heteroatoms. The van der Waals surface area contributed by atoms with Gasteiger partial charge in [0.15, 0.2) is 5.13 Å². The van der Waals surface area contributed by atoms with Gasteiger partial charge in [-0.1, -0.05) is 40.8 Å². The van der Waals surface area contributed by atoms with Gasteiger partial charge in [-0.05, 0) is 54.8 Å². The van der Waals surface area contributed by atoms with Crippen LogP contribution in [-0.2, 0) is 17.9 Å². The number of carbonyl (C=O) groups is 1. The summed E-state index contributed by atoms with van der Waals surface area (Å²) in [5.74, 6) is -0.104.